The van der Waals surface area contributed by atoms with Crippen LogP contribution in [0.25, 0.3) is 0 Å². The van der Waals surface area contributed by atoms with E-state index in [4.69, 9.17) is 9.47 Å². The second-order valence-electron chi connectivity index (χ2n) is 5.25. The van der Waals surface area contributed by atoms with Crippen LogP contribution in [0.4, 0.5) is 0 Å². The van der Waals surface area contributed by atoms with E-state index in [1.165, 1.54) is 7.11 Å². The predicted molar refractivity (Wildman–Crippen MR) is 69.5 cm³/mol. The van der Waals surface area contributed by atoms with E-state index in [0.717, 1.165) is 30.8 Å². The number of benzene rings is 1. The van der Waals surface area contributed by atoms with E-state index in [1.54, 1.807) is 0 Å². The first kappa shape index (κ1) is 13.1. The monoisotopic (exact) mass is 248 g/mol. The third kappa shape index (κ3) is 2.27. The van der Waals surface area contributed by atoms with Crippen molar-refractivity contribution >= 4 is 5.97 Å². The smallest absolute Gasteiger partial charge is 0.316 e. The summed E-state index contributed by atoms with van der Waals surface area (Å²) in [5.41, 5.74) is 1.61. The van der Waals surface area contributed by atoms with Gasteiger partial charge in [0.15, 0.2) is 0 Å². The van der Waals surface area contributed by atoms with Gasteiger partial charge in [0.25, 0.3) is 0 Å². The van der Waals surface area contributed by atoms with E-state index in [1.807, 2.05) is 38.1 Å². The molecule has 18 heavy (non-hydrogen) atoms. The van der Waals surface area contributed by atoms with Crippen LogP contribution < -0.4 is 0 Å². The summed E-state index contributed by atoms with van der Waals surface area (Å²) >= 11 is 0. The average molecular weight is 248 g/mol. The van der Waals surface area contributed by atoms with Gasteiger partial charge in [0.05, 0.1) is 25.7 Å². The topological polar surface area (TPSA) is 35.5 Å². The molecule has 1 aliphatic heterocycles. The molecule has 1 saturated heterocycles. The van der Waals surface area contributed by atoms with Crippen LogP contribution in [0, 0.1) is 12.8 Å². The van der Waals surface area contributed by atoms with Crippen LogP contribution in [-0.2, 0) is 19.7 Å². The van der Waals surface area contributed by atoms with Crippen molar-refractivity contribution in [2.75, 3.05) is 20.3 Å². The van der Waals surface area contributed by atoms with Crippen molar-refractivity contribution in [2.45, 2.75) is 25.7 Å². The van der Waals surface area contributed by atoms with Crippen LogP contribution in [0.1, 0.15) is 24.5 Å². The lowest BCUT2D eigenvalue weighted by atomic mass is 9.73. The Morgan fingerprint density at radius 3 is 2.61 bits per heavy atom. The Bertz CT molecular complexity index is 437. The highest BCUT2D eigenvalue weighted by Crippen LogP contribution is 2.36. The Morgan fingerprint density at radius 2 is 2.11 bits per heavy atom. The van der Waals surface area contributed by atoms with Gasteiger partial charge in [-0.3, -0.25) is 4.79 Å². The number of ether oxygens (including phenoxy) is 2. The molecule has 0 bridgehead atoms. The van der Waals surface area contributed by atoms with Gasteiger partial charge in [0.2, 0.25) is 0 Å². The van der Waals surface area contributed by atoms with Crippen molar-refractivity contribution in [3.63, 3.8) is 0 Å². The van der Waals surface area contributed by atoms with Crippen molar-refractivity contribution in [3.05, 3.63) is 35.4 Å². The predicted octanol–water partition coefficient (Wildman–Crippen LogP) is 2.46. The van der Waals surface area contributed by atoms with Crippen LogP contribution >= 0.6 is 0 Å². The van der Waals surface area contributed by atoms with Crippen LogP contribution in [0.2, 0.25) is 0 Å². The number of hydrogen-bond acceptors (Lipinski definition) is 3. The van der Waals surface area contributed by atoms with Gasteiger partial charge in [0.1, 0.15) is 0 Å². The highest BCUT2D eigenvalue weighted by Gasteiger charge is 2.41. The van der Waals surface area contributed by atoms with E-state index in [0.29, 0.717) is 5.92 Å². The Kier molecular flexibility index (Phi) is 3.71. The Hall–Kier alpha value is -1.35. The molecule has 98 valence electrons. The molecule has 0 N–H and O–H groups in total. The van der Waals surface area contributed by atoms with Gasteiger partial charge >= 0.3 is 5.97 Å². The fourth-order valence-electron chi connectivity index (χ4n) is 2.70. The second kappa shape index (κ2) is 5.11. The second-order valence-corrected chi connectivity index (χ2v) is 5.25. The van der Waals surface area contributed by atoms with Crippen molar-refractivity contribution < 1.29 is 14.3 Å². The third-order valence-corrected chi connectivity index (χ3v) is 3.78. The summed E-state index contributed by atoms with van der Waals surface area (Å²) < 4.78 is 10.2. The maximum atomic E-state index is 12.2. The summed E-state index contributed by atoms with van der Waals surface area (Å²) in [5, 5.41) is 0. The summed E-state index contributed by atoms with van der Waals surface area (Å²) in [6.07, 6.45) is 0.782. The zero-order chi connectivity index (χ0) is 13.2. The van der Waals surface area contributed by atoms with E-state index < -0.39 is 5.41 Å². The first-order valence-electron chi connectivity index (χ1n) is 6.30. The molecule has 0 radical (unpaired) electrons. The minimum absolute atomic E-state index is 0.163. The quantitative estimate of drug-likeness (QED) is 0.768. The Morgan fingerprint density at radius 1 is 1.44 bits per heavy atom. The van der Waals surface area contributed by atoms with E-state index in [2.05, 4.69) is 0 Å². The standard InChI is InChI=1S/C15H20O3/c1-11-6-4-5-7-13(11)15(2,14(16)17-3)8-12-9-18-10-12/h4-7,12H,8-10H2,1-3H3. The van der Waals surface area contributed by atoms with Crippen molar-refractivity contribution in [1.29, 1.82) is 0 Å². The maximum absolute atomic E-state index is 12.2. The molecule has 3 nitrogen and oxygen atoms in total. The fourth-order valence-corrected chi connectivity index (χ4v) is 2.70. The summed E-state index contributed by atoms with van der Waals surface area (Å²) in [5.74, 6) is 0.289. The molecule has 1 aromatic carbocycles. The van der Waals surface area contributed by atoms with Gasteiger partial charge in [-0.2, -0.15) is 0 Å². The van der Waals surface area contributed by atoms with Crippen molar-refractivity contribution in [2.24, 2.45) is 5.92 Å². The first-order chi connectivity index (χ1) is 8.58. The summed E-state index contributed by atoms with van der Waals surface area (Å²) in [4.78, 5) is 12.2. The molecule has 1 atom stereocenters. The molecule has 0 aromatic heterocycles. The van der Waals surface area contributed by atoms with Crippen LogP contribution in [0.15, 0.2) is 24.3 Å². The molecule has 1 heterocycles. The van der Waals surface area contributed by atoms with Crippen LogP contribution in [0.3, 0.4) is 0 Å². The van der Waals surface area contributed by atoms with E-state index >= 15 is 0 Å². The van der Waals surface area contributed by atoms with Gasteiger partial charge in [-0.25, -0.2) is 0 Å². The normalized spacial score (nSPS) is 18.8. The molecule has 1 fully saturated rings. The number of carbonyl (C=O) groups is 1. The van der Waals surface area contributed by atoms with Gasteiger partial charge in [-0.05, 0) is 31.4 Å². The van der Waals surface area contributed by atoms with Gasteiger partial charge in [0, 0.05) is 5.92 Å². The lowest BCUT2D eigenvalue weighted by molar-refractivity contribution is -0.149. The molecule has 2 rings (SSSR count). The molecule has 0 saturated carbocycles. The SMILES string of the molecule is COC(=O)C(C)(CC1COC1)c1ccccc1C. The number of hydrogen-bond donors (Lipinski definition) is 0. The molecule has 0 amide bonds. The molecule has 1 aromatic rings. The number of methoxy groups -OCH3 is 1. The molecule has 1 aliphatic rings. The minimum atomic E-state index is -0.575. The first-order valence-corrected chi connectivity index (χ1v) is 6.30. The van der Waals surface area contributed by atoms with Gasteiger partial charge in [-0.15, -0.1) is 0 Å². The number of esters is 1. The third-order valence-electron chi connectivity index (χ3n) is 3.78. The fraction of sp³-hybridized carbons (Fsp3) is 0.533. The summed E-state index contributed by atoms with van der Waals surface area (Å²) in [6, 6.07) is 8.02. The number of aryl methyl sites for hydroxylation is 1. The van der Waals surface area contributed by atoms with Crippen molar-refractivity contribution in [3.8, 4) is 0 Å². The van der Waals surface area contributed by atoms with Crippen molar-refractivity contribution in [1.82, 2.24) is 0 Å². The Labute approximate surface area is 108 Å². The minimum Gasteiger partial charge on any atom is -0.468 e. The lowest BCUT2D eigenvalue weighted by Gasteiger charge is -2.36. The van der Waals surface area contributed by atoms with Crippen LogP contribution in [-0.4, -0.2) is 26.3 Å². The lowest BCUT2D eigenvalue weighted by Crippen LogP contribution is -2.41. The van der Waals surface area contributed by atoms with Gasteiger partial charge in [-0.1, -0.05) is 24.3 Å². The molecule has 0 spiro atoms. The van der Waals surface area contributed by atoms with Crippen LogP contribution in [0.5, 0.6) is 0 Å². The van der Waals surface area contributed by atoms with Gasteiger partial charge < -0.3 is 9.47 Å². The zero-order valence-corrected chi connectivity index (χ0v) is 11.2. The molecule has 0 aliphatic carbocycles. The zero-order valence-electron chi connectivity index (χ0n) is 11.2. The molecular weight excluding hydrogens is 228 g/mol. The summed E-state index contributed by atoms with van der Waals surface area (Å²) in [7, 11) is 1.45. The van der Waals surface area contributed by atoms with E-state index in [-0.39, 0.29) is 5.97 Å². The Balaban J connectivity index is 2.34. The highest BCUT2D eigenvalue weighted by molar-refractivity contribution is 5.83. The number of rotatable bonds is 4. The van der Waals surface area contributed by atoms with E-state index in [9.17, 15) is 4.79 Å². The highest BCUT2D eigenvalue weighted by atomic mass is 16.5. The average Bonchev–Trinajstić information content (AvgIpc) is 2.33. The largest absolute Gasteiger partial charge is 0.468 e. The molecule has 1 unspecified atom stereocenters. The molecule has 3 heteroatoms. The number of carbonyl (C=O) groups excluding carboxylic acids is 1. The molecular formula is C15H20O3. The summed E-state index contributed by atoms with van der Waals surface area (Å²) in [6.45, 7) is 5.50. The maximum Gasteiger partial charge on any atom is 0.316 e.